The van der Waals surface area contributed by atoms with E-state index in [0.29, 0.717) is 5.15 Å². The lowest BCUT2D eigenvalue weighted by atomic mass is 10.1. The molecule has 27 heavy (non-hydrogen) atoms. The molecule has 4 heterocycles. The number of H-pyrrole nitrogens is 1. The third-order valence-electron chi connectivity index (χ3n) is 5.32. The van der Waals surface area contributed by atoms with Crippen LogP contribution in [0.15, 0.2) is 36.5 Å². The van der Waals surface area contributed by atoms with Crippen molar-refractivity contribution in [1.82, 2.24) is 19.5 Å². The summed E-state index contributed by atoms with van der Waals surface area (Å²) >= 11 is 6.07. The van der Waals surface area contributed by atoms with Crippen LogP contribution in [-0.4, -0.2) is 32.6 Å². The van der Waals surface area contributed by atoms with Gasteiger partial charge >= 0.3 is 0 Å². The van der Waals surface area contributed by atoms with Gasteiger partial charge in [-0.25, -0.2) is 9.97 Å². The minimum Gasteiger partial charge on any atom is -0.370 e. The molecule has 3 aromatic heterocycles. The first-order valence-corrected chi connectivity index (χ1v) is 9.69. The Morgan fingerprint density at radius 3 is 2.74 bits per heavy atom. The number of nitrogens with one attached hydrogen (secondary N) is 2. The molecule has 1 saturated heterocycles. The van der Waals surface area contributed by atoms with Crippen LogP contribution >= 0.6 is 11.6 Å². The Morgan fingerprint density at radius 2 is 1.89 bits per heavy atom. The molecular weight excluding hydrogens is 360 g/mol. The molecule has 0 unspecified atom stereocenters. The Bertz CT molecular complexity index is 1120. The average Bonchev–Trinajstić information content (AvgIpc) is 3.24. The highest BCUT2D eigenvalue weighted by atomic mass is 35.5. The van der Waals surface area contributed by atoms with Gasteiger partial charge in [0, 0.05) is 26.3 Å². The van der Waals surface area contributed by atoms with E-state index < -0.39 is 0 Å². The molecule has 2 N–H and O–H groups in total. The average molecular weight is 381 g/mol. The molecule has 6 nitrogen and oxygen atoms in total. The Morgan fingerprint density at radius 1 is 1.04 bits per heavy atom. The van der Waals surface area contributed by atoms with Gasteiger partial charge in [0.15, 0.2) is 0 Å². The molecule has 0 aliphatic carbocycles. The summed E-state index contributed by atoms with van der Waals surface area (Å²) in [5.74, 6) is 0.789. The van der Waals surface area contributed by atoms with Crippen LogP contribution in [0.25, 0.3) is 22.1 Å². The molecule has 1 aliphatic rings. The van der Waals surface area contributed by atoms with E-state index in [1.165, 1.54) is 24.9 Å². The molecule has 138 valence electrons. The number of rotatable bonds is 3. The number of aromatic nitrogens is 4. The SMILES string of the molecule is Cn1c(Nc2c[nH]c3ccc(Cl)nc23)nc2c(N3CCCCC3)cccc21. The van der Waals surface area contributed by atoms with Gasteiger partial charge in [-0.15, -0.1) is 0 Å². The van der Waals surface area contributed by atoms with Crippen LogP contribution in [0.5, 0.6) is 0 Å². The number of imidazole rings is 1. The van der Waals surface area contributed by atoms with Gasteiger partial charge in [-0.2, -0.15) is 0 Å². The van der Waals surface area contributed by atoms with Crippen LogP contribution in [0.2, 0.25) is 5.15 Å². The summed E-state index contributed by atoms with van der Waals surface area (Å²) in [5, 5.41) is 3.90. The highest BCUT2D eigenvalue weighted by Crippen LogP contribution is 2.32. The van der Waals surface area contributed by atoms with E-state index in [9.17, 15) is 0 Å². The first-order chi connectivity index (χ1) is 13.2. The number of aromatic amines is 1. The lowest BCUT2D eigenvalue weighted by Crippen LogP contribution is -2.29. The van der Waals surface area contributed by atoms with Gasteiger partial charge in [-0.3, -0.25) is 0 Å². The zero-order valence-corrected chi connectivity index (χ0v) is 15.9. The van der Waals surface area contributed by atoms with E-state index >= 15 is 0 Å². The summed E-state index contributed by atoms with van der Waals surface area (Å²) in [6.45, 7) is 2.20. The third kappa shape index (κ3) is 2.80. The summed E-state index contributed by atoms with van der Waals surface area (Å²) in [6, 6.07) is 10.1. The van der Waals surface area contributed by atoms with Gasteiger partial charge < -0.3 is 19.8 Å². The van der Waals surface area contributed by atoms with Crippen molar-refractivity contribution in [2.75, 3.05) is 23.3 Å². The quantitative estimate of drug-likeness (QED) is 0.499. The predicted octanol–water partition coefficient (Wildman–Crippen LogP) is 4.84. The molecule has 0 amide bonds. The number of halogens is 1. The van der Waals surface area contributed by atoms with E-state index in [0.717, 1.165) is 46.8 Å². The largest absolute Gasteiger partial charge is 0.370 e. The molecule has 0 bridgehead atoms. The van der Waals surface area contributed by atoms with Crippen LogP contribution in [-0.2, 0) is 7.05 Å². The number of anilines is 3. The number of pyridine rings is 1. The number of fused-ring (bicyclic) bond motifs is 2. The fourth-order valence-electron chi connectivity index (χ4n) is 3.89. The molecule has 1 aliphatic heterocycles. The second-order valence-corrected chi connectivity index (χ2v) is 7.43. The number of piperidine rings is 1. The molecule has 1 fully saturated rings. The number of hydrogen-bond acceptors (Lipinski definition) is 4. The van der Waals surface area contributed by atoms with Gasteiger partial charge in [0.05, 0.1) is 22.4 Å². The lowest BCUT2D eigenvalue weighted by molar-refractivity contribution is 0.579. The Balaban J connectivity index is 1.57. The van der Waals surface area contributed by atoms with Crippen molar-refractivity contribution in [2.45, 2.75) is 19.3 Å². The first-order valence-electron chi connectivity index (χ1n) is 9.32. The topological polar surface area (TPSA) is 61.8 Å². The van der Waals surface area contributed by atoms with Crippen LogP contribution in [0.1, 0.15) is 19.3 Å². The summed E-state index contributed by atoms with van der Waals surface area (Å²) in [4.78, 5) is 15.0. The van der Waals surface area contributed by atoms with Crippen molar-refractivity contribution >= 4 is 51.0 Å². The summed E-state index contributed by atoms with van der Waals surface area (Å²) < 4.78 is 2.09. The fraction of sp³-hybridized carbons (Fsp3) is 0.300. The number of hydrogen-bond donors (Lipinski definition) is 2. The van der Waals surface area contributed by atoms with Crippen molar-refractivity contribution in [3.63, 3.8) is 0 Å². The Labute approximate surface area is 162 Å². The highest BCUT2D eigenvalue weighted by Gasteiger charge is 2.18. The van der Waals surface area contributed by atoms with Crippen LogP contribution in [0, 0.1) is 0 Å². The van der Waals surface area contributed by atoms with E-state index in [4.69, 9.17) is 16.6 Å². The second kappa shape index (κ2) is 6.46. The van der Waals surface area contributed by atoms with Crippen LogP contribution in [0.4, 0.5) is 17.3 Å². The minimum atomic E-state index is 0.475. The maximum atomic E-state index is 6.07. The van der Waals surface area contributed by atoms with E-state index in [-0.39, 0.29) is 0 Å². The van der Waals surface area contributed by atoms with Crippen molar-refractivity contribution < 1.29 is 0 Å². The number of para-hydroxylation sites is 1. The number of benzene rings is 1. The molecule has 7 heteroatoms. The molecule has 0 atom stereocenters. The lowest BCUT2D eigenvalue weighted by Gasteiger charge is -2.28. The predicted molar refractivity (Wildman–Crippen MR) is 111 cm³/mol. The summed E-state index contributed by atoms with van der Waals surface area (Å²) in [5.41, 5.74) is 5.99. The summed E-state index contributed by atoms with van der Waals surface area (Å²) in [6.07, 6.45) is 5.71. The van der Waals surface area contributed by atoms with Crippen molar-refractivity contribution in [3.8, 4) is 0 Å². The smallest absolute Gasteiger partial charge is 0.208 e. The van der Waals surface area contributed by atoms with E-state index in [1.807, 2.05) is 19.3 Å². The second-order valence-electron chi connectivity index (χ2n) is 7.04. The maximum Gasteiger partial charge on any atom is 0.208 e. The van der Waals surface area contributed by atoms with Crippen molar-refractivity contribution in [1.29, 1.82) is 0 Å². The van der Waals surface area contributed by atoms with Gasteiger partial charge in [-0.05, 0) is 43.5 Å². The molecular formula is C20H21ClN6. The minimum absolute atomic E-state index is 0.475. The van der Waals surface area contributed by atoms with Crippen LogP contribution < -0.4 is 10.2 Å². The molecule has 5 rings (SSSR count). The fourth-order valence-corrected chi connectivity index (χ4v) is 4.04. The van der Waals surface area contributed by atoms with Crippen LogP contribution in [0.3, 0.4) is 0 Å². The van der Waals surface area contributed by atoms with Gasteiger partial charge in [0.1, 0.15) is 16.2 Å². The van der Waals surface area contributed by atoms with E-state index in [1.54, 1.807) is 6.07 Å². The standard InChI is InChI=1S/C20H21ClN6/c1-26-15-6-5-7-16(27-10-3-2-4-11-27)19(15)25-20(26)23-14-12-22-13-8-9-17(21)24-18(13)14/h5-9,12,22H,2-4,10-11H2,1H3,(H,23,25). The molecule has 0 spiro atoms. The summed E-state index contributed by atoms with van der Waals surface area (Å²) in [7, 11) is 2.03. The highest BCUT2D eigenvalue weighted by molar-refractivity contribution is 6.29. The first kappa shape index (κ1) is 16.4. The third-order valence-corrected chi connectivity index (χ3v) is 5.53. The van der Waals surface area contributed by atoms with Crippen molar-refractivity contribution in [3.05, 3.63) is 41.7 Å². The maximum absolute atomic E-state index is 6.07. The molecule has 0 saturated carbocycles. The zero-order chi connectivity index (χ0) is 18.4. The number of nitrogens with zero attached hydrogens (tertiary/aromatic N) is 4. The Kier molecular flexibility index (Phi) is 3.93. The molecule has 4 aromatic rings. The normalized spacial score (nSPS) is 15.0. The van der Waals surface area contributed by atoms with Crippen molar-refractivity contribution in [2.24, 2.45) is 7.05 Å². The number of aryl methyl sites for hydroxylation is 1. The van der Waals surface area contributed by atoms with Gasteiger partial charge in [0.25, 0.3) is 0 Å². The Hall–Kier alpha value is -2.73. The zero-order valence-electron chi connectivity index (χ0n) is 15.2. The molecule has 1 aromatic carbocycles. The van der Waals surface area contributed by atoms with Gasteiger partial charge in [-0.1, -0.05) is 17.7 Å². The van der Waals surface area contributed by atoms with Gasteiger partial charge in [0.2, 0.25) is 5.95 Å². The monoisotopic (exact) mass is 380 g/mol. The van der Waals surface area contributed by atoms with E-state index in [2.05, 4.69) is 43.0 Å². The molecule has 0 radical (unpaired) electrons.